The van der Waals surface area contributed by atoms with E-state index >= 15 is 0 Å². The fourth-order valence-corrected chi connectivity index (χ4v) is 2.39. The van der Waals surface area contributed by atoms with Gasteiger partial charge in [-0.25, -0.2) is 4.99 Å². The van der Waals surface area contributed by atoms with Crippen molar-refractivity contribution in [2.45, 2.75) is 0 Å². The van der Waals surface area contributed by atoms with E-state index in [0.29, 0.717) is 5.70 Å². The monoisotopic (exact) mass is 186 g/mol. The average molecular weight is 186 g/mol. The summed E-state index contributed by atoms with van der Waals surface area (Å²) < 4.78 is 0. The van der Waals surface area contributed by atoms with Crippen LogP contribution < -0.4 is 5.32 Å². The minimum atomic E-state index is 0.0573. The summed E-state index contributed by atoms with van der Waals surface area (Å²) >= 11 is 2.81. The van der Waals surface area contributed by atoms with Crippen molar-refractivity contribution in [1.82, 2.24) is 5.32 Å². The summed E-state index contributed by atoms with van der Waals surface area (Å²) in [6, 6.07) is 0. The van der Waals surface area contributed by atoms with Gasteiger partial charge < -0.3 is 5.32 Å². The number of nitrogens with zero attached hydrogens (tertiary/aromatic N) is 1. The van der Waals surface area contributed by atoms with Gasteiger partial charge in [0, 0.05) is 12.3 Å². The van der Waals surface area contributed by atoms with Gasteiger partial charge in [0.25, 0.3) is 0 Å². The van der Waals surface area contributed by atoms with Gasteiger partial charge in [-0.15, -0.1) is 11.8 Å². The molecule has 2 aliphatic heterocycles. The van der Waals surface area contributed by atoms with E-state index in [1.54, 1.807) is 17.3 Å². The van der Waals surface area contributed by atoms with Gasteiger partial charge in [-0.3, -0.25) is 4.79 Å². The smallest absolute Gasteiger partial charge is 0.246 e. The Labute approximate surface area is 72.7 Å². The molecule has 0 aromatic carbocycles. The Morgan fingerprint density at radius 3 is 3.09 bits per heavy atom. The molecule has 2 aliphatic rings. The van der Waals surface area contributed by atoms with Gasteiger partial charge in [-0.2, -0.15) is 0 Å². The summed E-state index contributed by atoms with van der Waals surface area (Å²) in [5, 5.41) is 4.12. The van der Waals surface area contributed by atoms with Crippen LogP contribution >= 0.6 is 23.5 Å². The Morgan fingerprint density at radius 1 is 1.64 bits per heavy atom. The second-order valence-electron chi connectivity index (χ2n) is 2.09. The molecule has 0 radical (unpaired) electrons. The third-order valence-electron chi connectivity index (χ3n) is 1.38. The van der Waals surface area contributed by atoms with Crippen molar-refractivity contribution in [3.8, 4) is 0 Å². The van der Waals surface area contributed by atoms with Crippen molar-refractivity contribution in [2.24, 2.45) is 4.99 Å². The molecule has 2 rings (SSSR count). The topological polar surface area (TPSA) is 41.5 Å². The molecule has 5 heteroatoms. The number of hydrogen-bond acceptors (Lipinski definition) is 5. The lowest BCUT2D eigenvalue weighted by molar-refractivity contribution is -0.107. The van der Waals surface area contributed by atoms with Crippen LogP contribution in [0, 0.1) is 0 Å². The second kappa shape index (κ2) is 2.91. The van der Waals surface area contributed by atoms with Crippen LogP contribution in [0.2, 0.25) is 0 Å². The SMILES string of the molecule is O=C1SC=NC1=C1NCCS1. The van der Waals surface area contributed by atoms with E-state index in [4.69, 9.17) is 0 Å². The Hall–Kier alpha value is -0.420. The van der Waals surface area contributed by atoms with Crippen molar-refractivity contribution < 1.29 is 4.79 Å². The minimum Gasteiger partial charge on any atom is -0.377 e. The van der Waals surface area contributed by atoms with Gasteiger partial charge in [0.15, 0.2) is 0 Å². The van der Waals surface area contributed by atoms with Crippen LogP contribution in [0.4, 0.5) is 0 Å². The highest BCUT2D eigenvalue weighted by Gasteiger charge is 2.21. The highest BCUT2D eigenvalue weighted by atomic mass is 32.2. The van der Waals surface area contributed by atoms with E-state index in [1.807, 2.05) is 0 Å². The van der Waals surface area contributed by atoms with Crippen molar-refractivity contribution in [3.05, 3.63) is 10.7 Å². The largest absolute Gasteiger partial charge is 0.377 e. The molecule has 58 valence electrons. The van der Waals surface area contributed by atoms with Crippen molar-refractivity contribution in [2.75, 3.05) is 12.3 Å². The van der Waals surface area contributed by atoms with E-state index < -0.39 is 0 Å². The maximum atomic E-state index is 11.1. The first-order valence-electron chi connectivity index (χ1n) is 3.22. The van der Waals surface area contributed by atoms with Gasteiger partial charge in [0.05, 0.1) is 10.6 Å². The number of aliphatic imine (C=N–C) groups is 1. The lowest BCUT2D eigenvalue weighted by Gasteiger charge is -1.97. The Balaban J connectivity index is 2.30. The molecule has 0 aromatic rings. The number of carbonyl (C=O) groups excluding carboxylic acids is 1. The quantitative estimate of drug-likeness (QED) is 0.568. The third-order valence-corrected chi connectivity index (χ3v) is 3.04. The maximum Gasteiger partial charge on any atom is 0.246 e. The first-order valence-corrected chi connectivity index (χ1v) is 5.09. The van der Waals surface area contributed by atoms with E-state index in [2.05, 4.69) is 10.3 Å². The number of nitrogens with one attached hydrogen (secondary N) is 1. The van der Waals surface area contributed by atoms with E-state index in [9.17, 15) is 4.79 Å². The number of thioether (sulfide) groups is 2. The summed E-state index contributed by atoms with van der Waals surface area (Å²) in [5.41, 5.74) is 2.18. The first kappa shape index (κ1) is 7.24. The zero-order chi connectivity index (χ0) is 7.68. The van der Waals surface area contributed by atoms with Gasteiger partial charge >= 0.3 is 0 Å². The van der Waals surface area contributed by atoms with Crippen LogP contribution in [0.5, 0.6) is 0 Å². The molecule has 0 bridgehead atoms. The van der Waals surface area contributed by atoms with Crippen LogP contribution in [-0.4, -0.2) is 23.0 Å². The molecule has 0 aliphatic carbocycles. The summed E-state index contributed by atoms with van der Waals surface area (Å²) in [4.78, 5) is 15.1. The molecule has 1 N–H and O–H groups in total. The van der Waals surface area contributed by atoms with Gasteiger partial charge in [0.1, 0.15) is 5.70 Å². The fraction of sp³-hybridized carbons (Fsp3) is 0.333. The zero-order valence-electron chi connectivity index (χ0n) is 5.66. The number of rotatable bonds is 0. The summed E-state index contributed by atoms with van der Waals surface area (Å²) in [6.07, 6.45) is 0. The standard InChI is InChI=1S/C6H6N2OS2/c9-6-4(8-3-11-6)5-7-1-2-10-5/h3,7H,1-2H2. The summed E-state index contributed by atoms with van der Waals surface area (Å²) in [6.45, 7) is 0.941. The van der Waals surface area contributed by atoms with Crippen molar-refractivity contribution >= 4 is 34.2 Å². The molecule has 1 fully saturated rings. The normalized spacial score (nSPS) is 29.6. The molecular weight excluding hydrogens is 180 g/mol. The maximum absolute atomic E-state index is 11.1. The molecule has 0 spiro atoms. The Bertz CT molecular complexity index is 251. The molecule has 3 nitrogen and oxygen atoms in total. The summed E-state index contributed by atoms with van der Waals surface area (Å²) in [5.74, 6) is 1.03. The lowest BCUT2D eigenvalue weighted by Crippen LogP contribution is -2.07. The molecule has 2 heterocycles. The molecule has 11 heavy (non-hydrogen) atoms. The zero-order valence-corrected chi connectivity index (χ0v) is 7.30. The van der Waals surface area contributed by atoms with Crippen LogP contribution in [0.25, 0.3) is 0 Å². The third kappa shape index (κ3) is 1.30. The molecule has 0 atom stereocenters. The van der Waals surface area contributed by atoms with E-state index in [0.717, 1.165) is 29.1 Å². The number of hydrogen-bond donors (Lipinski definition) is 1. The Kier molecular flexibility index (Phi) is 1.91. The van der Waals surface area contributed by atoms with Crippen molar-refractivity contribution in [1.29, 1.82) is 0 Å². The first-order chi connectivity index (χ1) is 5.38. The van der Waals surface area contributed by atoms with Crippen LogP contribution in [0.15, 0.2) is 15.7 Å². The molecule has 1 saturated heterocycles. The molecule has 0 unspecified atom stereocenters. The van der Waals surface area contributed by atoms with Crippen molar-refractivity contribution in [3.63, 3.8) is 0 Å². The Morgan fingerprint density at radius 2 is 2.55 bits per heavy atom. The fourth-order valence-electron chi connectivity index (χ4n) is 0.908. The highest BCUT2D eigenvalue weighted by Crippen LogP contribution is 2.28. The van der Waals surface area contributed by atoms with Crippen LogP contribution in [-0.2, 0) is 4.79 Å². The van der Waals surface area contributed by atoms with Gasteiger partial charge in [0.2, 0.25) is 5.12 Å². The molecule has 0 amide bonds. The number of carbonyl (C=O) groups is 1. The van der Waals surface area contributed by atoms with Crippen LogP contribution in [0.3, 0.4) is 0 Å². The van der Waals surface area contributed by atoms with Gasteiger partial charge in [-0.1, -0.05) is 0 Å². The van der Waals surface area contributed by atoms with E-state index in [1.165, 1.54) is 0 Å². The minimum absolute atomic E-state index is 0.0573. The van der Waals surface area contributed by atoms with Crippen LogP contribution in [0.1, 0.15) is 0 Å². The summed E-state index contributed by atoms with van der Waals surface area (Å²) in [7, 11) is 0. The van der Waals surface area contributed by atoms with Gasteiger partial charge in [-0.05, 0) is 11.8 Å². The second-order valence-corrected chi connectivity index (χ2v) is 4.02. The average Bonchev–Trinajstić information content (AvgIpc) is 2.55. The molecule has 0 saturated carbocycles. The highest BCUT2D eigenvalue weighted by molar-refractivity contribution is 8.25. The van der Waals surface area contributed by atoms with E-state index in [-0.39, 0.29) is 5.12 Å². The molecule has 0 aromatic heterocycles. The molecular formula is C6H6N2OS2. The lowest BCUT2D eigenvalue weighted by atomic mass is 10.5. The predicted octanol–water partition coefficient (Wildman–Crippen LogP) is 0.794. The predicted molar refractivity (Wildman–Crippen MR) is 48.6 cm³/mol.